The van der Waals surface area contributed by atoms with Crippen molar-refractivity contribution in [3.63, 3.8) is 0 Å². The van der Waals surface area contributed by atoms with Gasteiger partial charge in [0, 0.05) is 50.1 Å². The summed E-state index contributed by atoms with van der Waals surface area (Å²) in [5.74, 6) is 1.16. The number of amides is 1. The highest BCUT2D eigenvalue weighted by atomic mass is 35.5. The van der Waals surface area contributed by atoms with Crippen molar-refractivity contribution in [1.29, 1.82) is 0 Å². The number of nitrogens with zero attached hydrogens (tertiary/aromatic N) is 5. The Morgan fingerprint density at radius 2 is 1.84 bits per heavy atom. The number of anilines is 1. The molecule has 0 saturated carbocycles. The van der Waals surface area contributed by atoms with Gasteiger partial charge >= 0.3 is 0 Å². The lowest BCUT2D eigenvalue weighted by Crippen LogP contribution is -2.41. The maximum Gasteiger partial charge on any atom is 0.225 e. The molecule has 4 rings (SSSR count). The predicted molar refractivity (Wildman–Crippen MR) is 124 cm³/mol. The molecule has 2 aromatic heterocycles. The third kappa shape index (κ3) is 4.59. The van der Waals surface area contributed by atoms with E-state index in [-0.39, 0.29) is 11.8 Å². The largest absolute Gasteiger partial charge is 0.357 e. The molecule has 1 aromatic carbocycles. The van der Waals surface area contributed by atoms with E-state index in [1.165, 1.54) is 0 Å². The molecule has 1 aliphatic heterocycles. The van der Waals surface area contributed by atoms with Crippen molar-refractivity contribution in [3.8, 4) is 5.69 Å². The van der Waals surface area contributed by atoms with Gasteiger partial charge in [-0.3, -0.25) is 4.79 Å². The number of hydrogen-bond acceptors (Lipinski definition) is 4. The zero-order valence-corrected chi connectivity index (χ0v) is 19.0. The lowest BCUT2D eigenvalue weighted by atomic mass is 9.95. The Hall–Kier alpha value is -2.86. The van der Waals surface area contributed by atoms with E-state index in [2.05, 4.69) is 16.8 Å². The van der Waals surface area contributed by atoms with Gasteiger partial charge in [-0.1, -0.05) is 29.8 Å². The molecule has 162 valence electrons. The number of para-hydroxylation sites is 1. The normalized spacial score (nSPS) is 14.6. The number of carbonyl (C=O) groups is 1. The molecule has 1 fully saturated rings. The van der Waals surface area contributed by atoms with Crippen molar-refractivity contribution >= 4 is 23.3 Å². The van der Waals surface area contributed by atoms with Crippen molar-refractivity contribution in [3.05, 3.63) is 70.6 Å². The highest BCUT2D eigenvalue weighted by Crippen LogP contribution is 2.25. The molecule has 1 amide bonds. The van der Waals surface area contributed by atoms with Crippen LogP contribution in [0.4, 0.5) is 5.82 Å². The minimum atomic E-state index is 0.0401. The molecule has 0 unspecified atom stereocenters. The number of halogens is 1. The summed E-state index contributed by atoms with van der Waals surface area (Å²) >= 11 is 5.94. The molecule has 31 heavy (non-hydrogen) atoms. The van der Waals surface area contributed by atoms with Gasteiger partial charge in [-0.15, -0.1) is 0 Å². The molecule has 0 bridgehead atoms. The average Bonchev–Trinajstić information content (AvgIpc) is 3.08. The van der Waals surface area contributed by atoms with Crippen LogP contribution in [0, 0.1) is 19.8 Å². The smallest absolute Gasteiger partial charge is 0.225 e. The van der Waals surface area contributed by atoms with Crippen molar-refractivity contribution in [2.24, 2.45) is 5.92 Å². The fourth-order valence-electron chi connectivity index (χ4n) is 4.26. The second-order valence-electron chi connectivity index (χ2n) is 8.19. The van der Waals surface area contributed by atoms with Gasteiger partial charge in [0.15, 0.2) is 0 Å². The first-order chi connectivity index (χ1) is 14.9. The third-order valence-corrected chi connectivity index (χ3v) is 6.32. The van der Waals surface area contributed by atoms with Crippen molar-refractivity contribution in [1.82, 2.24) is 19.7 Å². The summed E-state index contributed by atoms with van der Waals surface area (Å²) in [4.78, 5) is 21.6. The summed E-state index contributed by atoms with van der Waals surface area (Å²) in [5.41, 5.74) is 4.19. The van der Waals surface area contributed by atoms with Crippen LogP contribution in [-0.2, 0) is 11.3 Å². The van der Waals surface area contributed by atoms with E-state index in [0.29, 0.717) is 11.6 Å². The van der Waals surface area contributed by atoms with Crippen molar-refractivity contribution in [2.45, 2.75) is 33.2 Å². The molecular formula is C24H28ClN5O. The molecule has 0 N–H and O–H groups in total. The molecule has 0 aliphatic carbocycles. The quantitative estimate of drug-likeness (QED) is 0.593. The van der Waals surface area contributed by atoms with Crippen LogP contribution in [0.2, 0.25) is 5.02 Å². The Kier molecular flexibility index (Phi) is 6.28. The molecule has 0 atom stereocenters. The number of pyridine rings is 1. The fourth-order valence-corrected chi connectivity index (χ4v) is 4.37. The highest BCUT2D eigenvalue weighted by Gasteiger charge is 2.28. The Morgan fingerprint density at radius 3 is 2.48 bits per heavy atom. The second kappa shape index (κ2) is 9.10. The maximum atomic E-state index is 13.1. The number of aryl methyl sites for hydroxylation is 1. The highest BCUT2D eigenvalue weighted by molar-refractivity contribution is 6.30. The van der Waals surface area contributed by atoms with Gasteiger partial charge in [-0.05, 0) is 51.0 Å². The van der Waals surface area contributed by atoms with Crippen LogP contribution >= 0.6 is 11.6 Å². The number of rotatable bonds is 5. The van der Waals surface area contributed by atoms with Gasteiger partial charge in [0.05, 0.1) is 16.4 Å². The Morgan fingerprint density at radius 1 is 1.13 bits per heavy atom. The summed E-state index contributed by atoms with van der Waals surface area (Å²) < 4.78 is 1.96. The summed E-state index contributed by atoms with van der Waals surface area (Å²) in [6, 6.07) is 13.9. The first kappa shape index (κ1) is 21.4. The minimum Gasteiger partial charge on any atom is -0.357 e. The molecule has 6 nitrogen and oxygen atoms in total. The van der Waals surface area contributed by atoms with Crippen LogP contribution in [0.5, 0.6) is 0 Å². The Balaban J connectivity index is 1.39. The molecule has 3 heterocycles. The number of carbonyl (C=O) groups excluding carboxylic acids is 1. The molecule has 1 aliphatic rings. The second-order valence-corrected chi connectivity index (χ2v) is 8.62. The lowest BCUT2D eigenvalue weighted by Gasteiger charge is -2.34. The summed E-state index contributed by atoms with van der Waals surface area (Å²) in [6.07, 6.45) is 3.33. The first-order valence-corrected chi connectivity index (χ1v) is 11.0. The van der Waals surface area contributed by atoms with E-state index in [1.54, 1.807) is 6.20 Å². The van der Waals surface area contributed by atoms with Gasteiger partial charge in [-0.25, -0.2) is 9.67 Å². The van der Waals surface area contributed by atoms with Gasteiger partial charge in [0.25, 0.3) is 0 Å². The van der Waals surface area contributed by atoms with E-state index in [0.717, 1.165) is 54.4 Å². The first-order valence-electron chi connectivity index (χ1n) is 10.7. The zero-order valence-electron chi connectivity index (χ0n) is 18.3. The molecule has 0 spiro atoms. The standard InChI is InChI=1S/C24H28ClN5O/c1-17-22(18(2)30(27-17)21-7-5-4-6-8-21)16-28(3)24(31)19-11-13-29(14-12-19)23-10-9-20(25)15-26-23/h4-10,15,19H,11-14,16H2,1-3H3. The summed E-state index contributed by atoms with van der Waals surface area (Å²) in [6.45, 7) is 6.30. The van der Waals surface area contributed by atoms with Crippen molar-refractivity contribution in [2.75, 3.05) is 25.0 Å². The lowest BCUT2D eigenvalue weighted by molar-refractivity contribution is -0.135. The maximum absolute atomic E-state index is 13.1. The summed E-state index contributed by atoms with van der Waals surface area (Å²) in [7, 11) is 1.90. The molecule has 7 heteroatoms. The molecule has 3 aromatic rings. The van der Waals surface area contributed by atoms with Crippen molar-refractivity contribution < 1.29 is 4.79 Å². The van der Waals surface area contributed by atoms with Crippen LogP contribution < -0.4 is 4.90 Å². The van der Waals surface area contributed by atoms with E-state index in [1.807, 2.05) is 66.0 Å². The Bertz CT molecular complexity index is 1040. The number of piperidine rings is 1. The average molecular weight is 438 g/mol. The fraction of sp³-hybridized carbons (Fsp3) is 0.375. The number of hydrogen-bond donors (Lipinski definition) is 0. The topological polar surface area (TPSA) is 54.3 Å². The summed E-state index contributed by atoms with van der Waals surface area (Å²) in [5, 5.41) is 5.35. The monoisotopic (exact) mass is 437 g/mol. The van der Waals surface area contributed by atoms with E-state index >= 15 is 0 Å². The van der Waals surface area contributed by atoms with Crippen LogP contribution in [0.15, 0.2) is 48.7 Å². The van der Waals surface area contributed by atoms with Gasteiger partial charge in [0.2, 0.25) is 5.91 Å². The third-order valence-electron chi connectivity index (χ3n) is 6.09. The van der Waals surface area contributed by atoms with Gasteiger partial charge < -0.3 is 9.80 Å². The van der Waals surface area contributed by atoms with E-state index < -0.39 is 0 Å². The predicted octanol–water partition coefficient (Wildman–Crippen LogP) is 4.41. The molecule has 1 saturated heterocycles. The van der Waals surface area contributed by atoms with Crippen LogP contribution in [0.3, 0.4) is 0 Å². The molecule has 0 radical (unpaired) electrons. The van der Waals surface area contributed by atoms with E-state index in [4.69, 9.17) is 16.7 Å². The SMILES string of the molecule is Cc1nn(-c2ccccc2)c(C)c1CN(C)C(=O)C1CCN(c2ccc(Cl)cn2)CC1. The number of aromatic nitrogens is 3. The van der Waals surface area contributed by atoms with Crippen LogP contribution in [-0.4, -0.2) is 45.7 Å². The van der Waals surface area contributed by atoms with Crippen LogP contribution in [0.25, 0.3) is 5.69 Å². The van der Waals surface area contributed by atoms with Gasteiger partial charge in [0.1, 0.15) is 5.82 Å². The zero-order chi connectivity index (χ0) is 22.0. The van der Waals surface area contributed by atoms with Crippen LogP contribution in [0.1, 0.15) is 29.8 Å². The minimum absolute atomic E-state index is 0.0401. The van der Waals surface area contributed by atoms with E-state index in [9.17, 15) is 4.79 Å². The molecular weight excluding hydrogens is 410 g/mol. The van der Waals surface area contributed by atoms with Gasteiger partial charge in [-0.2, -0.15) is 5.10 Å². The number of benzene rings is 1. The Labute approximate surface area is 188 Å².